The molecule has 0 aliphatic carbocycles. The van der Waals surface area contributed by atoms with E-state index in [0.29, 0.717) is 11.7 Å². The molecular weight excluding hydrogens is 336 g/mol. The number of nitrogens with one attached hydrogen (secondary N) is 1. The summed E-state index contributed by atoms with van der Waals surface area (Å²) in [5, 5.41) is 12.7. The van der Waals surface area contributed by atoms with Crippen molar-refractivity contribution in [1.29, 1.82) is 0 Å². The highest BCUT2D eigenvalue weighted by molar-refractivity contribution is 5.87. The summed E-state index contributed by atoms with van der Waals surface area (Å²) >= 11 is 0. The van der Waals surface area contributed by atoms with Crippen LogP contribution in [0.25, 0.3) is 10.8 Å². The molecule has 4 nitrogen and oxygen atoms in total. The summed E-state index contributed by atoms with van der Waals surface area (Å²) in [5.41, 5.74) is 1.04. The van der Waals surface area contributed by atoms with Crippen molar-refractivity contribution < 1.29 is 14.8 Å². The van der Waals surface area contributed by atoms with Crippen LogP contribution in [0.5, 0.6) is 5.75 Å². The maximum atomic E-state index is 12.9. The fourth-order valence-corrected chi connectivity index (χ4v) is 4.76. The van der Waals surface area contributed by atoms with Crippen LogP contribution in [-0.4, -0.2) is 42.1 Å². The summed E-state index contributed by atoms with van der Waals surface area (Å²) in [6, 6.07) is 12.1. The van der Waals surface area contributed by atoms with E-state index in [1.807, 2.05) is 24.3 Å². The lowest BCUT2D eigenvalue weighted by molar-refractivity contribution is -0.919. The van der Waals surface area contributed by atoms with Gasteiger partial charge in [0.1, 0.15) is 12.3 Å². The van der Waals surface area contributed by atoms with Crippen LogP contribution in [-0.2, 0) is 11.3 Å². The molecule has 2 aromatic rings. The molecule has 2 saturated heterocycles. The van der Waals surface area contributed by atoms with Crippen LogP contribution in [0.15, 0.2) is 36.4 Å². The summed E-state index contributed by atoms with van der Waals surface area (Å²) in [4.78, 5) is 16.5. The number of quaternary nitrogens is 1. The number of nitrogens with zero attached hydrogens (tertiary/aromatic N) is 1. The number of aromatic hydroxyl groups is 1. The van der Waals surface area contributed by atoms with Crippen LogP contribution in [0.3, 0.4) is 0 Å². The van der Waals surface area contributed by atoms with Gasteiger partial charge in [0.2, 0.25) is 5.91 Å². The van der Waals surface area contributed by atoms with E-state index in [1.165, 1.54) is 23.1 Å². The Hall–Kier alpha value is -2.07. The van der Waals surface area contributed by atoms with Crippen molar-refractivity contribution in [3.05, 3.63) is 42.0 Å². The molecule has 144 valence electrons. The number of phenolic OH excluding ortho intramolecular Hbond substituents is 1. The normalized spacial score (nSPS) is 23.9. The smallest absolute Gasteiger partial charge is 0.226 e. The summed E-state index contributed by atoms with van der Waals surface area (Å²) < 4.78 is 0. The van der Waals surface area contributed by atoms with Crippen molar-refractivity contribution in [2.24, 2.45) is 5.92 Å². The predicted octanol–water partition coefficient (Wildman–Crippen LogP) is 2.74. The van der Waals surface area contributed by atoms with Crippen molar-refractivity contribution in [2.45, 2.75) is 45.1 Å². The number of amides is 1. The van der Waals surface area contributed by atoms with Crippen molar-refractivity contribution in [2.75, 3.05) is 26.2 Å². The zero-order valence-corrected chi connectivity index (χ0v) is 16.1. The molecule has 4 heteroatoms. The van der Waals surface area contributed by atoms with Gasteiger partial charge in [0.25, 0.3) is 0 Å². The highest BCUT2D eigenvalue weighted by Gasteiger charge is 2.31. The van der Waals surface area contributed by atoms with Gasteiger partial charge in [-0.25, -0.2) is 0 Å². The van der Waals surface area contributed by atoms with Crippen LogP contribution < -0.4 is 4.90 Å². The first-order chi connectivity index (χ1) is 13.2. The maximum absolute atomic E-state index is 12.9. The third kappa shape index (κ3) is 4.11. The molecule has 2 aliphatic rings. The lowest BCUT2D eigenvalue weighted by Gasteiger charge is -2.32. The van der Waals surface area contributed by atoms with E-state index in [2.05, 4.69) is 17.0 Å². The van der Waals surface area contributed by atoms with E-state index in [4.69, 9.17) is 0 Å². The third-order valence-corrected chi connectivity index (χ3v) is 6.40. The van der Waals surface area contributed by atoms with Gasteiger partial charge in [0, 0.05) is 31.8 Å². The molecule has 1 amide bonds. The lowest BCUT2D eigenvalue weighted by Crippen LogP contribution is -3.11. The number of benzene rings is 2. The molecule has 2 aromatic carbocycles. The first-order valence-corrected chi connectivity index (χ1v) is 10.5. The first kappa shape index (κ1) is 18.3. The zero-order chi connectivity index (χ0) is 18.6. The summed E-state index contributed by atoms with van der Waals surface area (Å²) in [7, 11) is 0. The number of piperidine rings is 1. The highest BCUT2D eigenvalue weighted by atomic mass is 16.3. The maximum Gasteiger partial charge on any atom is 0.226 e. The Morgan fingerprint density at radius 3 is 2.44 bits per heavy atom. The Morgan fingerprint density at radius 2 is 1.70 bits per heavy atom. The molecule has 2 aliphatic heterocycles. The van der Waals surface area contributed by atoms with Crippen LogP contribution in [0.2, 0.25) is 0 Å². The minimum Gasteiger partial charge on any atom is -0.507 e. The Bertz CT molecular complexity index is 788. The van der Waals surface area contributed by atoms with E-state index in [0.717, 1.165) is 69.4 Å². The molecule has 0 bridgehead atoms. The van der Waals surface area contributed by atoms with Crippen molar-refractivity contribution in [3.63, 3.8) is 0 Å². The third-order valence-electron chi connectivity index (χ3n) is 6.40. The SMILES string of the molecule is O=C(C1CC[NH+](Cc2c(O)ccc3ccccc23)CC1)N1CCCCCC1. The van der Waals surface area contributed by atoms with Gasteiger partial charge in [-0.2, -0.15) is 0 Å². The molecule has 0 aromatic heterocycles. The summed E-state index contributed by atoms with van der Waals surface area (Å²) in [6.07, 6.45) is 6.79. The Kier molecular flexibility index (Phi) is 5.63. The van der Waals surface area contributed by atoms with E-state index in [1.54, 1.807) is 0 Å². The minimum atomic E-state index is 0.202. The average Bonchev–Trinajstić information content (AvgIpc) is 3.00. The van der Waals surface area contributed by atoms with Gasteiger partial charge in [-0.3, -0.25) is 4.79 Å². The quantitative estimate of drug-likeness (QED) is 0.876. The second-order valence-electron chi connectivity index (χ2n) is 8.22. The first-order valence-electron chi connectivity index (χ1n) is 10.5. The molecule has 2 heterocycles. The van der Waals surface area contributed by atoms with Crippen LogP contribution >= 0.6 is 0 Å². The van der Waals surface area contributed by atoms with Crippen molar-refractivity contribution >= 4 is 16.7 Å². The van der Waals surface area contributed by atoms with Crippen LogP contribution in [0.1, 0.15) is 44.1 Å². The van der Waals surface area contributed by atoms with Crippen LogP contribution in [0.4, 0.5) is 0 Å². The second-order valence-corrected chi connectivity index (χ2v) is 8.22. The van der Waals surface area contributed by atoms with Gasteiger partial charge in [-0.15, -0.1) is 0 Å². The lowest BCUT2D eigenvalue weighted by atomic mass is 9.94. The van der Waals surface area contributed by atoms with Gasteiger partial charge < -0.3 is 14.9 Å². The highest BCUT2D eigenvalue weighted by Crippen LogP contribution is 2.26. The van der Waals surface area contributed by atoms with Crippen molar-refractivity contribution in [3.8, 4) is 5.75 Å². The molecule has 4 rings (SSSR count). The van der Waals surface area contributed by atoms with E-state index in [-0.39, 0.29) is 5.92 Å². The molecule has 0 unspecified atom stereocenters. The molecular formula is C23H31N2O2+. The fraction of sp³-hybridized carbons (Fsp3) is 0.522. The average molecular weight is 368 g/mol. The van der Waals surface area contributed by atoms with E-state index in [9.17, 15) is 9.90 Å². The van der Waals surface area contributed by atoms with Gasteiger partial charge in [-0.1, -0.05) is 43.2 Å². The summed E-state index contributed by atoms with van der Waals surface area (Å²) in [5.74, 6) is 0.987. The standard InChI is InChI=1S/C23H30N2O2/c26-22-10-9-18-7-3-4-8-20(18)21(22)17-24-15-11-19(12-16-24)23(27)25-13-5-1-2-6-14-25/h3-4,7-10,19,26H,1-2,5-6,11-17H2/p+1. The summed E-state index contributed by atoms with van der Waals surface area (Å²) in [6.45, 7) is 4.75. The predicted molar refractivity (Wildman–Crippen MR) is 108 cm³/mol. The van der Waals surface area contributed by atoms with Crippen LogP contribution in [0, 0.1) is 5.92 Å². The number of carbonyl (C=O) groups is 1. The second kappa shape index (κ2) is 8.30. The number of fused-ring (bicyclic) bond motifs is 1. The minimum absolute atomic E-state index is 0.202. The topological polar surface area (TPSA) is 45.0 Å². The largest absolute Gasteiger partial charge is 0.507 e. The zero-order valence-electron chi connectivity index (χ0n) is 16.1. The van der Waals surface area contributed by atoms with E-state index >= 15 is 0 Å². The number of carbonyl (C=O) groups excluding carboxylic acids is 1. The number of likely N-dealkylation sites (tertiary alicyclic amines) is 2. The number of phenols is 1. The fourth-order valence-electron chi connectivity index (χ4n) is 4.76. The van der Waals surface area contributed by atoms with Gasteiger partial charge >= 0.3 is 0 Å². The molecule has 0 radical (unpaired) electrons. The van der Waals surface area contributed by atoms with E-state index < -0.39 is 0 Å². The molecule has 2 N–H and O–H groups in total. The Balaban J connectivity index is 1.39. The van der Waals surface area contributed by atoms with Gasteiger partial charge in [-0.05, 0) is 29.7 Å². The number of hydrogen-bond donors (Lipinski definition) is 2. The molecule has 2 fully saturated rings. The molecule has 0 saturated carbocycles. The Labute approximate surface area is 161 Å². The molecule has 27 heavy (non-hydrogen) atoms. The monoisotopic (exact) mass is 367 g/mol. The number of hydrogen-bond acceptors (Lipinski definition) is 2. The van der Waals surface area contributed by atoms with Gasteiger partial charge in [0.15, 0.2) is 0 Å². The Morgan fingerprint density at radius 1 is 1.00 bits per heavy atom. The van der Waals surface area contributed by atoms with Crippen molar-refractivity contribution in [1.82, 2.24) is 4.90 Å². The molecule has 0 atom stereocenters. The number of rotatable bonds is 3. The molecule has 0 spiro atoms. The van der Waals surface area contributed by atoms with Gasteiger partial charge in [0.05, 0.1) is 18.7 Å².